The monoisotopic (exact) mass is 505 g/mol. The van der Waals surface area contributed by atoms with E-state index >= 15 is 0 Å². The van der Waals surface area contributed by atoms with E-state index in [1.165, 1.54) is 36.0 Å². The van der Waals surface area contributed by atoms with Crippen molar-refractivity contribution in [2.75, 3.05) is 18.2 Å². The number of benzene rings is 3. The molecule has 2 N–H and O–H groups in total. The normalized spacial score (nSPS) is 10.6. The lowest BCUT2D eigenvalue weighted by Gasteiger charge is -2.11. The van der Waals surface area contributed by atoms with E-state index in [1.54, 1.807) is 31.4 Å². The van der Waals surface area contributed by atoms with Crippen LogP contribution in [0.1, 0.15) is 21.7 Å². The fourth-order valence-corrected chi connectivity index (χ4v) is 4.10. The Morgan fingerprint density at radius 2 is 1.69 bits per heavy atom. The molecule has 3 aromatic carbocycles. The van der Waals surface area contributed by atoms with Gasteiger partial charge in [-0.25, -0.2) is 4.39 Å². The zero-order valence-electron chi connectivity index (χ0n) is 19.5. The van der Waals surface area contributed by atoms with Crippen LogP contribution >= 0.6 is 11.8 Å². The highest BCUT2D eigenvalue weighted by molar-refractivity contribution is 7.99. The second-order valence-electron chi connectivity index (χ2n) is 7.73. The van der Waals surface area contributed by atoms with E-state index in [2.05, 4.69) is 20.8 Å². The Balaban J connectivity index is 1.44. The van der Waals surface area contributed by atoms with Crippen LogP contribution in [0.4, 0.5) is 10.1 Å². The van der Waals surface area contributed by atoms with Crippen LogP contribution in [0.3, 0.4) is 0 Å². The molecule has 0 saturated carbocycles. The molecular formula is C26H24FN5O3S. The molecule has 4 aromatic rings. The van der Waals surface area contributed by atoms with E-state index in [4.69, 9.17) is 4.74 Å². The molecule has 1 heterocycles. The Morgan fingerprint density at radius 1 is 0.972 bits per heavy atom. The number of methoxy groups -OCH3 is 1. The number of halogens is 1. The van der Waals surface area contributed by atoms with E-state index in [0.29, 0.717) is 34.5 Å². The Morgan fingerprint density at radius 3 is 2.39 bits per heavy atom. The first-order valence-electron chi connectivity index (χ1n) is 11.1. The van der Waals surface area contributed by atoms with Gasteiger partial charge < -0.3 is 19.9 Å². The van der Waals surface area contributed by atoms with Crippen molar-refractivity contribution in [1.82, 2.24) is 20.1 Å². The average molecular weight is 506 g/mol. The quantitative estimate of drug-likeness (QED) is 0.315. The predicted octanol–water partition coefficient (Wildman–Crippen LogP) is 4.13. The largest absolute Gasteiger partial charge is 0.497 e. The van der Waals surface area contributed by atoms with Gasteiger partial charge in [0.05, 0.1) is 26.0 Å². The van der Waals surface area contributed by atoms with Gasteiger partial charge in [-0.05, 0) is 54.1 Å². The maximum Gasteiger partial charge on any atom is 0.251 e. The number of rotatable bonds is 10. The topological polar surface area (TPSA) is 98.1 Å². The van der Waals surface area contributed by atoms with Crippen molar-refractivity contribution >= 4 is 29.3 Å². The van der Waals surface area contributed by atoms with Gasteiger partial charge in [-0.15, -0.1) is 10.2 Å². The van der Waals surface area contributed by atoms with E-state index < -0.39 is 0 Å². The molecule has 0 unspecified atom stereocenters. The molecule has 0 bridgehead atoms. The van der Waals surface area contributed by atoms with Crippen molar-refractivity contribution in [3.8, 4) is 5.75 Å². The van der Waals surface area contributed by atoms with Gasteiger partial charge in [0.15, 0.2) is 11.0 Å². The van der Waals surface area contributed by atoms with Crippen LogP contribution in [0, 0.1) is 5.82 Å². The van der Waals surface area contributed by atoms with Crippen molar-refractivity contribution in [2.45, 2.75) is 18.2 Å². The van der Waals surface area contributed by atoms with Crippen LogP contribution in [0.5, 0.6) is 5.75 Å². The first kappa shape index (κ1) is 24.9. The summed E-state index contributed by atoms with van der Waals surface area (Å²) in [4.78, 5) is 25.0. The third-order valence-electron chi connectivity index (χ3n) is 5.20. The van der Waals surface area contributed by atoms with Crippen LogP contribution in [0.25, 0.3) is 0 Å². The summed E-state index contributed by atoms with van der Waals surface area (Å²) in [6.07, 6.45) is 0. The van der Waals surface area contributed by atoms with Gasteiger partial charge in [-0.1, -0.05) is 42.1 Å². The lowest BCUT2D eigenvalue weighted by atomic mass is 10.2. The van der Waals surface area contributed by atoms with Crippen molar-refractivity contribution in [3.05, 3.63) is 102 Å². The molecule has 0 saturated heterocycles. The summed E-state index contributed by atoms with van der Waals surface area (Å²) >= 11 is 1.23. The minimum atomic E-state index is -0.372. The highest BCUT2D eigenvalue weighted by Gasteiger charge is 2.16. The molecule has 0 fully saturated rings. The lowest BCUT2D eigenvalue weighted by molar-refractivity contribution is -0.113. The van der Waals surface area contributed by atoms with Crippen LogP contribution in [-0.2, 0) is 17.9 Å². The Hall–Kier alpha value is -4.18. The predicted molar refractivity (Wildman–Crippen MR) is 135 cm³/mol. The Labute approximate surface area is 211 Å². The molecule has 184 valence electrons. The first-order valence-corrected chi connectivity index (χ1v) is 12.1. The van der Waals surface area contributed by atoms with Gasteiger partial charge in [0.1, 0.15) is 11.6 Å². The van der Waals surface area contributed by atoms with Crippen LogP contribution in [0.15, 0.2) is 84.0 Å². The molecule has 0 aliphatic rings. The van der Waals surface area contributed by atoms with E-state index in [1.807, 2.05) is 34.9 Å². The Bertz CT molecular complexity index is 1310. The summed E-state index contributed by atoms with van der Waals surface area (Å²) in [5.41, 5.74) is 2.03. The number of hydrogen-bond donors (Lipinski definition) is 2. The molecule has 0 radical (unpaired) electrons. The molecule has 0 spiro atoms. The molecule has 0 aliphatic heterocycles. The molecule has 0 atom stereocenters. The van der Waals surface area contributed by atoms with Gasteiger partial charge >= 0.3 is 0 Å². The van der Waals surface area contributed by atoms with Crippen LogP contribution in [0.2, 0.25) is 0 Å². The van der Waals surface area contributed by atoms with E-state index in [-0.39, 0.29) is 29.9 Å². The number of anilines is 1. The smallest absolute Gasteiger partial charge is 0.251 e. The minimum Gasteiger partial charge on any atom is -0.497 e. The zero-order valence-corrected chi connectivity index (χ0v) is 20.3. The zero-order chi connectivity index (χ0) is 25.3. The fraction of sp³-hybridized carbons (Fsp3) is 0.154. The second-order valence-corrected chi connectivity index (χ2v) is 8.67. The molecular weight excluding hydrogens is 481 g/mol. The molecule has 0 aliphatic carbocycles. The maximum absolute atomic E-state index is 13.1. The summed E-state index contributed by atoms with van der Waals surface area (Å²) in [7, 11) is 1.57. The summed E-state index contributed by atoms with van der Waals surface area (Å²) in [6, 6.07) is 22.1. The highest BCUT2D eigenvalue weighted by Crippen LogP contribution is 2.20. The van der Waals surface area contributed by atoms with Gasteiger partial charge in [0.25, 0.3) is 5.91 Å². The number of nitrogens with zero attached hydrogens (tertiary/aromatic N) is 3. The fourth-order valence-electron chi connectivity index (χ4n) is 3.35. The van der Waals surface area contributed by atoms with Gasteiger partial charge in [0, 0.05) is 11.3 Å². The van der Waals surface area contributed by atoms with Gasteiger partial charge in [-0.3, -0.25) is 9.59 Å². The number of hydrogen-bond acceptors (Lipinski definition) is 6. The number of amides is 2. The summed E-state index contributed by atoms with van der Waals surface area (Å²) in [5.74, 6) is 0.433. The molecule has 1 aromatic heterocycles. The molecule has 2 amide bonds. The summed E-state index contributed by atoms with van der Waals surface area (Å²) in [5, 5.41) is 14.7. The molecule has 36 heavy (non-hydrogen) atoms. The lowest BCUT2D eigenvalue weighted by Crippen LogP contribution is -2.25. The number of thioether (sulfide) groups is 1. The summed E-state index contributed by atoms with van der Waals surface area (Å²) < 4.78 is 20.1. The Kier molecular flexibility index (Phi) is 8.30. The summed E-state index contributed by atoms with van der Waals surface area (Å²) in [6.45, 7) is 0.635. The van der Waals surface area contributed by atoms with Crippen molar-refractivity contribution in [3.63, 3.8) is 0 Å². The number of carbonyl (C=O) groups excluding carboxylic acids is 2. The van der Waals surface area contributed by atoms with Crippen LogP contribution in [-0.4, -0.2) is 39.4 Å². The number of nitrogens with one attached hydrogen (secondary N) is 2. The third kappa shape index (κ3) is 6.70. The highest BCUT2D eigenvalue weighted by atomic mass is 32.2. The van der Waals surface area contributed by atoms with Gasteiger partial charge in [-0.2, -0.15) is 0 Å². The number of aromatic nitrogens is 3. The van der Waals surface area contributed by atoms with Crippen molar-refractivity contribution < 1.29 is 18.7 Å². The van der Waals surface area contributed by atoms with Crippen LogP contribution < -0.4 is 15.4 Å². The molecule has 8 nitrogen and oxygen atoms in total. The first-order chi connectivity index (χ1) is 17.5. The standard InChI is InChI=1S/C26H24FN5O3S/c1-35-22-13-7-19(8-14-22)25(34)28-15-23-30-31-26(32(23)16-18-5-3-2-4-6-18)36-17-24(33)29-21-11-9-20(27)10-12-21/h2-14H,15-17H2,1H3,(H,28,34)(H,29,33). The van der Waals surface area contributed by atoms with Gasteiger partial charge in [0.2, 0.25) is 5.91 Å². The van der Waals surface area contributed by atoms with E-state index in [9.17, 15) is 14.0 Å². The van der Waals surface area contributed by atoms with Crippen molar-refractivity contribution in [1.29, 1.82) is 0 Å². The second kappa shape index (κ2) is 12.0. The number of carbonyl (C=O) groups is 2. The minimum absolute atomic E-state index is 0.0858. The third-order valence-corrected chi connectivity index (χ3v) is 6.16. The molecule has 10 heteroatoms. The molecule has 4 rings (SSSR count). The average Bonchev–Trinajstić information content (AvgIpc) is 3.29. The van der Waals surface area contributed by atoms with E-state index in [0.717, 1.165) is 5.56 Å². The SMILES string of the molecule is COc1ccc(C(=O)NCc2nnc(SCC(=O)Nc3ccc(F)cc3)n2Cc2ccccc2)cc1. The van der Waals surface area contributed by atoms with Crippen molar-refractivity contribution in [2.24, 2.45) is 0 Å². The maximum atomic E-state index is 13.1. The number of ether oxygens (including phenoxy) is 1.